The maximum absolute atomic E-state index is 2.54. The monoisotopic (exact) mass is 766 g/mol. The molecule has 2 heterocycles. The number of hydrogen-bond donors (Lipinski definition) is 0. The number of benzene rings is 9. The van der Waals surface area contributed by atoms with Crippen LogP contribution in [0, 0.1) is 0 Å². The molecule has 9 aromatic carbocycles. The molecule has 2 nitrogen and oxygen atoms in total. The van der Waals surface area contributed by atoms with Gasteiger partial charge < -0.3 is 9.47 Å². The van der Waals surface area contributed by atoms with Crippen molar-refractivity contribution >= 4 is 38.9 Å². The lowest BCUT2D eigenvalue weighted by atomic mass is 9.53. The normalized spacial score (nSPS) is 15.7. The molecule has 60 heavy (non-hydrogen) atoms. The molecule has 12 rings (SSSR count). The van der Waals surface area contributed by atoms with Gasteiger partial charge in [-0.2, -0.15) is 0 Å². The van der Waals surface area contributed by atoms with E-state index in [0.29, 0.717) is 0 Å². The molecule has 2 aliphatic rings. The molecule has 10 aromatic rings. The zero-order valence-electron chi connectivity index (χ0n) is 33.7. The summed E-state index contributed by atoms with van der Waals surface area (Å²) in [4.78, 5) is 2.48. The summed E-state index contributed by atoms with van der Waals surface area (Å²) in [6, 6.07) is 81.1. The Morgan fingerprint density at radius 1 is 0.383 bits per heavy atom. The lowest BCUT2D eigenvalue weighted by Gasteiger charge is -2.50. The van der Waals surface area contributed by atoms with E-state index in [-0.39, 0.29) is 5.41 Å². The SMILES string of the molecule is CC1(C)c2ccccc2C2(c3ccccc3-n3c4ccccc4c4cccc2c43)c2cc(N(c3ccc(-c4ccccc4)cc3)c3ccccc3-c3ccccc3)ccc21. The van der Waals surface area contributed by atoms with E-state index in [1.54, 1.807) is 0 Å². The minimum absolute atomic E-state index is 0.257. The fourth-order valence-corrected chi connectivity index (χ4v) is 10.8. The third kappa shape index (κ3) is 4.76. The first kappa shape index (κ1) is 34.6. The highest BCUT2D eigenvalue weighted by atomic mass is 15.1. The number of anilines is 3. The molecular weight excluding hydrogens is 725 g/mol. The van der Waals surface area contributed by atoms with Crippen LogP contribution in [0.3, 0.4) is 0 Å². The molecule has 0 saturated heterocycles. The summed E-state index contributed by atoms with van der Waals surface area (Å²) < 4.78 is 2.53. The van der Waals surface area contributed by atoms with Crippen molar-refractivity contribution in [1.82, 2.24) is 4.57 Å². The van der Waals surface area contributed by atoms with Crippen LogP contribution in [-0.4, -0.2) is 4.57 Å². The van der Waals surface area contributed by atoms with Gasteiger partial charge in [0.15, 0.2) is 0 Å². The smallest absolute Gasteiger partial charge is 0.0749 e. The van der Waals surface area contributed by atoms with Gasteiger partial charge in [0, 0.05) is 33.1 Å². The van der Waals surface area contributed by atoms with Crippen LogP contribution < -0.4 is 4.90 Å². The largest absolute Gasteiger partial charge is 0.310 e. The van der Waals surface area contributed by atoms with Crippen molar-refractivity contribution in [3.8, 4) is 27.9 Å². The Morgan fingerprint density at radius 3 is 1.75 bits per heavy atom. The Kier molecular flexibility index (Phi) is 7.52. The average Bonchev–Trinajstić information content (AvgIpc) is 3.65. The van der Waals surface area contributed by atoms with Gasteiger partial charge in [0.05, 0.1) is 27.8 Å². The second-order valence-corrected chi connectivity index (χ2v) is 16.9. The summed E-state index contributed by atoms with van der Waals surface area (Å²) in [7, 11) is 0. The second-order valence-electron chi connectivity index (χ2n) is 16.9. The minimum Gasteiger partial charge on any atom is -0.310 e. The molecule has 1 aliphatic heterocycles. The summed E-state index contributed by atoms with van der Waals surface area (Å²) in [5, 5.41) is 2.57. The highest BCUT2D eigenvalue weighted by Crippen LogP contribution is 2.61. The van der Waals surface area contributed by atoms with Crippen molar-refractivity contribution in [3.63, 3.8) is 0 Å². The summed E-state index contributed by atoms with van der Waals surface area (Å²) in [5.74, 6) is 0. The molecule has 1 aliphatic carbocycles. The van der Waals surface area contributed by atoms with Crippen LogP contribution >= 0.6 is 0 Å². The van der Waals surface area contributed by atoms with E-state index in [9.17, 15) is 0 Å². The molecule has 2 heteroatoms. The van der Waals surface area contributed by atoms with E-state index in [2.05, 4.69) is 242 Å². The van der Waals surface area contributed by atoms with E-state index >= 15 is 0 Å². The van der Waals surface area contributed by atoms with Gasteiger partial charge in [0.1, 0.15) is 0 Å². The molecule has 1 aromatic heterocycles. The first-order valence-electron chi connectivity index (χ1n) is 21.0. The predicted molar refractivity (Wildman–Crippen MR) is 250 cm³/mol. The van der Waals surface area contributed by atoms with Gasteiger partial charge in [0.25, 0.3) is 0 Å². The summed E-state index contributed by atoms with van der Waals surface area (Å²) >= 11 is 0. The zero-order valence-corrected chi connectivity index (χ0v) is 33.7. The number of nitrogens with zero attached hydrogens (tertiary/aromatic N) is 2. The van der Waals surface area contributed by atoms with Gasteiger partial charge in [-0.1, -0.05) is 190 Å². The van der Waals surface area contributed by atoms with Gasteiger partial charge in [-0.15, -0.1) is 0 Å². The zero-order chi connectivity index (χ0) is 40.0. The van der Waals surface area contributed by atoms with Crippen LogP contribution in [0.15, 0.2) is 218 Å². The van der Waals surface area contributed by atoms with E-state index in [1.807, 2.05) is 0 Å². The van der Waals surface area contributed by atoms with Crippen molar-refractivity contribution in [2.75, 3.05) is 4.90 Å². The fourth-order valence-electron chi connectivity index (χ4n) is 10.8. The van der Waals surface area contributed by atoms with Crippen molar-refractivity contribution in [1.29, 1.82) is 0 Å². The fraction of sp³-hybridized carbons (Fsp3) is 0.0690. The van der Waals surface area contributed by atoms with Crippen LogP contribution in [0.5, 0.6) is 0 Å². The first-order chi connectivity index (χ1) is 29.5. The average molecular weight is 767 g/mol. The molecule has 1 unspecified atom stereocenters. The lowest BCUT2D eigenvalue weighted by molar-refractivity contribution is 0.556. The highest BCUT2D eigenvalue weighted by Gasteiger charge is 2.52. The van der Waals surface area contributed by atoms with Crippen LogP contribution in [0.1, 0.15) is 47.2 Å². The number of para-hydroxylation sites is 4. The molecule has 284 valence electrons. The van der Waals surface area contributed by atoms with E-state index in [4.69, 9.17) is 0 Å². The van der Waals surface area contributed by atoms with E-state index in [0.717, 1.165) is 17.1 Å². The first-order valence-corrected chi connectivity index (χ1v) is 21.0. The predicted octanol–water partition coefficient (Wildman–Crippen LogP) is 14.9. The molecule has 1 atom stereocenters. The molecule has 0 amide bonds. The maximum atomic E-state index is 2.54. The van der Waals surface area contributed by atoms with E-state index < -0.39 is 5.41 Å². The van der Waals surface area contributed by atoms with Crippen molar-refractivity contribution < 1.29 is 0 Å². The van der Waals surface area contributed by atoms with Gasteiger partial charge in [0.2, 0.25) is 0 Å². The molecule has 0 N–H and O–H groups in total. The summed E-state index contributed by atoms with van der Waals surface area (Å²) in [6.07, 6.45) is 0. The molecule has 0 fully saturated rings. The maximum Gasteiger partial charge on any atom is 0.0749 e. The van der Waals surface area contributed by atoms with Gasteiger partial charge in [-0.05, 0) is 92.5 Å². The van der Waals surface area contributed by atoms with Crippen molar-refractivity contribution in [2.45, 2.75) is 24.7 Å². The number of rotatable bonds is 5. The van der Waals surface area contributed by atoms with Crippen LogP contribution in [0.2, 0.25) is 0 Å². The lowest BCUT2D eigenvalue weighted by Crippen LogP contribution is -2.44. The number of aromatic nitrogens is 1. The molecule has 0 saturated carbocycles. The Morgan fingerprint density at radius 2 is 0.950 bits per heavy atom. The third-order valence-corrected chi connectivity index (χ3v) is 13.5. The van der Waals surface area contributed by atoms with E-state index in [1.165, 1.54) is 83.1 Å². The Labute approximate surface area is 351 Å². The molecular formula is C58H42N2. The third-order valence-electron chi connectivity index (χ3n) is 13.5. The van der Waals surface area contributed by atoms with Crippen LogP contribution in [0.25, 0.3) is 49.7 Å². The standard InChI is InChI=1S/C58H42N2/c1-57(2)47-25-11-12-26-49(47)58(50-27-13-16-31-55(50)60-54-30-15-10-23-45(54)46-24-17-28-51(58)56(46)60)52-38-43(36-37-48(52)57)59(42-34-32-40(33-35-42)39-18-5-3-6-19-39)53-29-14-9-22-44(53)41-20-7-4-8-21-41/h3-38H,1-2H3. The molecule has 0 radical (unpaired) electrons. The molecule has 1 spiro atoms. The Bertz CT molecular complexity index is 3280. The summed E-state index contributed by atoms with van der Waals surface area (Å²) in [6.45, 7) is 4.82. The Hall–Kier alpha value is -7.42. The van der Waals surface area contributed by atoms with Gasteiger partial charge in [-0.25, -0.2) is 0 Å². The number of hydrogen-bond acceptors (Lipinski definition) is 1. The van der Waals surface area contributed by atoms with Gasteiger partial charge in [-0.3, -0.25) is 0 Å². The van der Waals surface area contributed by atoms with Crippen LogP contribution in [0.4, 0.5) is 17.1 Å². The van der Waals surface area contributed by atoms with Gasteiger partial charge >= 0.3 is 0 Å². The minimum atomic E-state index is -0.597. The quantitative estimate of drug-likeness (QED) is 0.169. The summed E-state index contributed by atoms with van der Waals surface area (Å²) in [5.41, 5.74) is 19.0. The Balaban J connectivity index is 1.19. The molecule has 0 bridgehead atoms. The van der Waals surface area contributed by atoms with Crippen molar-refractivity contribution in [3.05, 3.63) is 252 Å². The van der Waals surface area contributed by atoms with Crippen molar-refractivity contribution in [2.24, 2.45) is 0 Å². The van der Waals surface area contributed by atoms with Crippen LogP contribution in [-0.2, 0) is 10.8 Å². The highest BCUT2D eigenvalue weighted by molar-refractivity contribution is 6.12. The number of fused-ring (bicyclic) bond motifs is 11. The topological polar surface area (TPSA) is 8.17 Å². The second kappa shape index (κ2) is 13.0.